The number of nitrogens with one attached hydrogen (secondary N) is 1. The van der Waals surface area contributed by atoms with E-state index in [4.69, 9.17) is 12.2 Å². The van der Waals surface area contributed by atoms with Gasteiger partial charge in [-0.25, -0.2) is 4.79 Å². The lowest BCUT2D eigenvalue weighted by atomic mass is 9.95. The van der Waals surface area contributed by atoms with Crippen LogP contribution in [0.4, 0.5) is 4.79 Å². The van der Waals surface area contributed by atoms with E-state index in [1.165, 1.54) is 16.7 Å². The highest BCUT2D eigenvalue weighted by Gasteiger charge is 2.28. The fraction of sp³-hybridized carbons (Fsp3) is 0.308. The Morgan fingerprint density at radius 1 is 1.23 bits per heavy atom. The lowest BCUT2D eigenvalue weighted by molar-refractivity contribution is 0.226. The van der Waals surface area contributed by atoms with Gasteiger partial charge in [0.1, 0.15) is 6.04 Å². The van der Waals surface area contributed by atoms with Gasteiger partial charge in [0.15, 0.2) is 0 Å². The second kappa shape index (κ2) is 10.6. The summed E-state index contributed by atoms with van der Waals surface area (Å²) in [5.74, 6) is 2.86. The number of terminal acetylenes is 1. The molecule has 2 amide bonds. The van der Waals surface area contributed by atoms with E-state index in [2.05, 4.69) is 65.1 Å². The zero-order valence-corrected chi connectivity index (χ0v) is 18.1. The Balaban J connectivity index is 1.98. The number of aryl methyl sites for hydroxylation is 1. The standard InChI is InChI=1S/C26H30N4O/c1-4-10-19-11-6-8-13-21(19)17-23(28-3)25(29-26(27)31)24(5-2)30-16-15-20-12-7-9-14-22(20)18-30/h2,6-9,11-14,24H,3-4,10,15-18H2,1H3,(H3,27,29,31)/b25-23+. The van der Waals surface area contributed by atoms with Gasteiger partial charge in [-0.05, 0) is 41.8 Å². The number of hydrogen-bond donors (Lipinski definition) is 2. The summed E-state index contributed by atoms with van der Waals surface area (Å²) in [5, 5.41) is 2.78. The first-order chi connectivity index (χ1) is 15.1. The molecule has 0 bridgehead atoms. The van der Waals surface area contributed by atoms with Gasteiger partial charge >= 0.3 is 6.03 Å². The summed E-state index contributed by atoms with van der Waals surface area (Å²) < 4.78 is 0. The highest BCUT2D eigenvalue weighted by atomic mass is 16.2. The van der Waals surface area contributed by atoms with E-state index in [-0.39, 0.29) is 0 Å². The highest BCUT2D eigenvalue weighted by Crippen LogP contribution is 2.25. The minimum atomic E-state index is -0.657. The minimum Gasteiger partial charge on any atom is -0.351 e. The molecule has 31 heavy (non-hydrogen) atoms. The molecule has 1 heterocycles. The van der Waals surface area contributed by atoms with Gasteiger partial charge in [0, 0.05) is 19.5 Å². The number of urea groups is 1. The molecule has 0 aromatic heterocycles. The first kappa shape index (κ1) is 22.3. The normalized spacial score (nSPS) is 15.2. The molecule has 0 fully saturated rings. The third-order valence-corrected chi connectivity index (χ3v) is 5.71. The number of allylic oxidation sites excluding steroid dienone is 1. The Labute approximate surface area is 185 Å². The van der Waals surface area contributed by atoms with Crippen LogP contribution in [-0.2, 0) is 25.8 Å². The van der Waals surface area contributed by atoms with E-state index >= 15 is 0 Å². The van der Waals surface area contributed by atoms with Gasteiger partial charge in [0.2, 0.25) is 0 Å². The van der Waals surface area contributed by atoms with Crippen molar-refractivity contribution < 1.29 is 4.79 Å². The third kappa shape index (κ3) is 5.42. The second-order valence-corrected chi connectivity index (χ2v) is 7.76. The summed E-state index contributed by atoms with van der Waals surface area (Å²) in [4.78, 5) is 18.3. The molecule has 1 unspecified atom stereocenters. The number of nitrogens with zero attached hydrogens (tertiary/aromatic N) is 2. The van der Waals surface area contributed by atoms with Crippen molar-refractivity contribution in [1.82, 2.24) is 10.2 Å². The smallest absolute Gasteiger partial charge is 0.316 e. The molecule has 3 N–H and O–H groups in total. The van der Waals surface area contributed by atoms with Crippen LogP contribution in [0, 0.1) is 12.3 Å². The van der Waals surface area contributed by atoms with E-state index in [1.807, 2.05) is 18.2 Å². The number of carbonyl (C=O) groups is 1. The topological polar surface area (TPSA) is 70.7 Å². The average Bonchev–Trinajstić information content (AvgIpc) is 2.78. The fourth-order valence-electron chi connectivity index (χ4n) is 4.20. The second-order valence-electron chi connectivity index (χ2n) is 7.76. The van der Waals surface area contributed by atoms with E-state index in [1.54, 1.807) is 0 Å². The minimum absolute atomic E-state index is 0.459. The van der Waals surface area contributed by atoms with Gasteiger partial charge in [-0.1, -0.05) is 67.8 Å². The lowest BCUT2D eigenvalue weighted by Crippen LogP contribution is -2.45. The molecule has 0 aliphatic carbocycles. The highest BCUT2D eigenvalue weighted by molar-refractivity contribution is 5.74. The lowest BCUT2D eigenvalue weighted by Gasteiger charge is -2.34. The average molecular weight is 415 g/mol. The molecule has 1 aliphatic heterocycles. The molecule has 1 aliphatic rings. The monoisotopic (exact) mass is 414 g/mol. The summed E-state index contributed by atoms with van der Waals surface area (Å²) in [6.45, 7) is 7.41. The van der Waals surface area contributed by atoms with Gasteiger partial charge in [0.05, 0.1) is 11.4 Å². The van der Waals surface area contributed by atoms with Gasteiger partial charge in [-0.3, -0.25) is 9.89 Å². The maximum Gasteiger partial charge on any atom is 0.316 e. The molecule has 5 heteroatoms. The van der Waals surface area contributed by atoms with Gasteiger partial charge in [0.25, 0.3) is 0 Å². The first-order valence-corrected chi connectivity index (χ1v) is 10.7. The molecule has 160 valence electrons. The van der Waals surface area contributed by atoms with Crippen molar-refractivity contribution in [3.63, 3.8) is 0 Å². The van der Waals surface area contributed by atoms with Crippen molar-refractivity contribution in [2.75, 3.05) is 6.54 Å². The van der Waals surface area contributed by atoms with E-state index in [0.29, 0.717) is 24.4 Å². The molecule has 0 saturated heterocycles. The first-order valence-electron chi connectivity index (χ1n) is 10.7. The number of carbonyl (C=O) groups excluding carboxylic acids is 1. The number of aliphatic imine (C=N–C) groups is 1. The molecule has 5 nitrogen and oxygen atoms in total. The number of fused-ring (bicyclic) bond motifs is 1. The number of nitrogens with two attached hydrogens (primary N) is 1. The van der Waals surface area contributed by atoms with Crippen molar-refractivity contribution >= 4 is 12.7 Å². The molecule has 1 atom stereocenters. The van der Waals surface area contributed by atoms with Crippen molar-refractivity contribution in [1.29, 1.82) is 0 Å². The van der Waals surface area contributed by atoms with E-state index in [9.17, 15) is 4.79 Å². The molecular weight excluding hydrogens is 384 g/mol. The van der Waals surface area contributed by atoms with Crippen molar-refractivity contribution in [3.05, 3.63) is 82.2 Å². The molecule has 2 aromatic carbocycles. The van der Waals surface area contributed by atoms with Crippen molar-refractivity contribution in [2.45, 2.75) is 45.2 Å². The third-order valence-electron chi connectivity index (χ3n) is 5.71. The Morgan fingerprint density at radius 3 is 2.55 bits per heavy atom. The van der Waals surface area contributed by atoms with E-state index in [0.717, 1.165) is 31.4 Å². The quantitative estimate of drug-likeness (QED) is 0.509. The number of benzene rings is 2. The van der Waals surface area contributed by atoms with Crippen molar-refractivity contribution in [3.8, 4) is 12.3 Å². The van der Waals surface area contributed by atoms with Crippen LogP contribution in [0.3, 0.4) is 0 Å². The van der Waals surface area contributed by atoms with Crippen LogP contribution < -0.4 is 11.1 Å². The van der Waals surface area contributed by atoms with Crippen LogP contribution in [0.1, 0.15) is 35.6 Å². The van der Waals surface area contributed by atoms with Gasteiger partial charge in [-0.15, -0.1) is 6.42 Å². The molecule has 2 aromatic rings. The Morgan fingerprint density at radius 2 is 1.90 bits per heavy atom. The largest absolute Gasteiger partial charge is 0.351 e. The summed E-state index contributed by atoms with van der Waals surface area (Å²) in [6, 6.07) is 15.5. The number of rotatable bonds is 8. The van der Waals surface area contributed by atoms with Crippen LogP contribution in [0.15, 0.2) is 64.9 Å². The van der Waals surface area contributed by atoms with Crippen molar-refractivity contribution in [2.24, 2.45) is 10.7 Å². The predicted octanol–water partition coefficient (Wildman–Crippen LogP) is 3.82. The zero-order chi connectivity index (χ0) is 22.2. The van der Waals surface area contributed by atoms with Crippen LogP contribution in [0.25, 0.3) is 0 Å². The summed E-state index contributed by atoms with van der Waals surface area (Å²) in [7, 11) is 0. The Bertz CT molecular complexity index is 1020. The summed E-state index contributed by atoms with van der Waals surface area (Å²) in [6.07, 6.45) is 9.43. The van der Waals surface area contributed by atoms with Gasteiger partial charge in [-0.2, -0.15) is 0 Å². The summed E-state index contributed by atoms with van der Waals surface area (Å²) in [5.41, 5.74) is 11.7. The maximum atomic E-state index is 11.9. The molecular formula is C26H30N4O. The molecule has 0 saturated carbocycles. The number of primary amides is 1. The number of amides is 2. The van der Waals surface area contributed by atoms with Crippen LogP contribution in [-0.4, -0.2) is 30.2 Å². The Kier molecular flexibility index (Phi) is 7.64. The van der Waals surface area contributed by atoms with Crippen LogP contribution >= 0.6 is 0 Å². The fourth-order valence-corrected chi connectivity index (χ4v) is 4.20. The zero-order valence-electron chi connectivity index (χ0n) is 18.1. The number of hydrogen-bond acceptors (Lipinski definition) is 3. The molecule has 0 spiro atoms. The molecule has 0 radical (unpaired) electrons. The van der Waals surface area contributed by atoms with Crippen LogP contribution in [0.2, 0.25) is 0 Å². The van der Waals surface area contributed by atoms with Gasteiger partial charge < -0.3 is 11.1 Å². The predicted molar refractivity (Wildman–Crippen MR) is 127 cm³/mol. The maximum absolute atomic E-state index is 11.9. The Hall–Kier alpha value is -3.36. The van der Waals surface area contributed by atoms with E-state index < -0.39 is 12.1 Å². The molecule has 3 rings (SSSR count). The van der Waals surface area contributed by atoms with Crippen LogP contribution in [0.5, 0.6) is 0 Å². The SMILES string of the molecule is C#CC(/C(NC(N)=O)=C(/Cc1ccccc1CCC)N=C)N1CCc2ccccc2C1. The summed E-state index contributed by atoms with van der Waals surface area (Å²) >= 11 is 0.